The molecule has 0 aliphatic heterocycles. The molecule has 0 saturated carbocycles. The summed E-state index contributed by atoms with van der Waals surface area (Å²) in [6.07, 6.45) is 1.53. The van der Waals surface area contributed by atoms with Crippen molar-refractivity contribution in [1.82, 2.24) is 9.80 Å². The number of hydrogen-bond acceptors (Lipinski definition) is 10. The molecule has 0 atom stereocenters. The van der Waals surface area contributed by atoms with E-state index in [1.807, 2.05) is 19.0 Å². The minimum absolute atomic E-state index is 0.0327. The number of rotatable bonds is 15. The Kier molecular flexibility index (Phi) is 12.0. The number of sulfone groups is 1. The Morgan fingerprint density at radius 2 is 1.71 bits per heavy atom. The van der Waals surface area contributed by atoms with Crippen molar-refractivity contribution in [2.45, 2.75) is 18.2 Å². The lowest BCUT2D eigenvalue weighted by Crippen LogP contribution is -2.33. The van der Waals surface area contributed by atoms with Gasteiger partial charge in [-0.3, -0.25) is 19.1 Å². The number of carbonyl (C=O) groups is 1. The van der Waals surface area contributed by atoms with Crippen LogP contribution in [0.2, 0.25) is 0 Å². The van der Waals surface area contributed by atoms with Crippen LogP contribution < -0.4 is 4.90 Å². The average molecular weight is 602 g/mol. The third kappa shape index (κ3) is 9.63. The smallest absolute Gasteiger partial charge is 0.283 e. The summed E-state index contributed by atoms with van der Waals surface area (Å²) in [5.41, 5.74) is -0.800. The predicted molar refractivity (Wildman–Crippen MR) is 138 cm³/mol. The highest BCUT2D eigenvalue weighted by Gasteiger charge is 2.31. The molecule has 1 aromatic rings. The van der Waals surface area contributed by atoms with Crippen LogP contribution in [0.3, 0.4) is 0 Å². The van der Waals surface area contributed by atoms with Crippen molar-refractivity contribution in [2.24, 2.45) is 0 Å². The third-order valence-corrected chi connectivity index (χ3v) is 7.73. The fourth-order valence-electron chi connectivity index (χ4n) is 3.22. The molecule has 0 aliphatic rings. The Labute approximate surface area is 215 Å². The van der Waals surface area contributed by atoms with Crippen molar-refractivity contribution in [1.29, 1.82) is 0 Å². The van der Waals surface area contributed by atoms with E-state index >= 15 is 0 Å². The normalized spacial score (nSPS) is 12.1. The van der Waals surface area contributed by atoms with Crippen molar-refractivity contribution in [3.63, 3.8) is 0 Å². The maximum Gasteiger partial charge on any atom is 0.283 e. The molecule has 15 heteroatoms. The first kappa shape index (κ1) is 31.2. The van der Waals surface area contributed by atoms with Crippen LogP contribution >= 0.6 is 15.9 Å². The van der Waals surface area contributed by atoms with E-state index in [1.54, 1.807) is 0 Å². The molecular weight excluding hydrogens is 568 g/mol. The lowest BCUT2D eigenvalue weighted by atomic mass is 10.1. The number of amides is 1. The molecule has 200 valence electrons. The minimum atomic E-state index is -3.94. The number of benzene rings is 1. The van der Waals surface area contributed by atoms with Gasteiger partial charge in [0.1, 0.15) is 5.56 Å². The fourth-order valence-corrected chi connectivity index (χ4v) is 5.13. The Morgan fingerprint density at radius 1 is 1.09 bits per heavy atom. The van der Waals surface area contributed by atoms with Gasteiger partial charge in [0.25, 0.3) is 21.7 Å². The van der Waals surface area contributed by atoms with E-state index in [9.17, 15) is 31.7 Å². The highest BCUT2D eigenvalue weighted by molar-refractivity contribution is 9.09. The summed E-state index contributed by atoms with van der Waals surface area (Å²) < 4.78 is 53.3. The molecular formula is C20H33BrN4O8S2. The van der Waals surface area contributed by atoms with Gasteiger partial charge in [-0.2, -0.15) is 8.42 Å². The van der Waals surface area contributed by atoms with E-state index in [1.165, 1.54) is 29.8 Å². The van der Waals surface area contributed by atoms with E-state index in [4.69, 9.17) is 4.18 Å². The number of nitrogens with zero attached hydrogens (tertiary/aromatic N) is 4. The molecule has 0 aliphatic carbocycles. The summed E-state index contributed by atoms with van der Waals surface area (Å²) in [7, 11) is -2.38. The number of anilines is 1. The number of alkyl halides is 1. The SMILES string of the molecule is CCS(=O)(=O)c1cc([N+](=O)[O-])c(C(=O)N(C)CCCN(C)C)cc1N(CCBr)CCOS(C)(=O)=O. The summed E-state index contributed by atoms with van der Waals surface area (Å²) in [5, 5.41) is 12.2. The Hall–Kier alpha value is -1.81. The zero-order valence-electron chi connectivity index (χ0n) is 20.6. The zero-order chi connectivity index (χ0) is 27.0. The first-order chi connectivity index (χ1) is 16.1. The summed E-state index contributed by atoms with van der Waals surface area (Å²) in [4.78, 5) is 28.8. The second kappa shape index (κ2) is 13.5. The van der Waals surface area contributed by atoms with Gasteiger partial charge in [-0.15, -0.1) is 0 Å². The number of hydrogen-bond donors (Lipinski definition) is 0. The molecule has 1 rings (SSSR count). The standard InChI is InChI=1S/C20H33BrN4O8S2/c1-6-35(31,32)19-15-17(25(27)28)16(20(26)23(4)10-7-9-22(2)3)14-18(19)24(11-8-21)12-13-33-34(5,29)30/h14-15H,6-13H2,1-5H3. The lowest BCUT2D eigenvalue weighted by Gasteiger charge is -2.27. The van der Waals surface area contributed by atoms with Crippen LogP contribution in [0.5, 0.6) is 0 Å². The van der Waals surface area contributed by atoms with Crippen LogP contribution in [-0.2, 0) is 24.1 Å². The van der Waals surface area contributed by atoms with Gasteiger partial charge in [-0.1, -0.05) is 22.9 Å². The molecule has 1 aromatic carbocycles. The van der Waals surface area contributed by atoms with Gasteiger partial charge in [0, 0.05) is 38.1 Å². The van der Waals surface area contributed by atoms with Crippen molar-refractivity contribution < 1.29 is 30.7 Å². The molecule has 0 unspecified atom stereocenters. The Bertz CT molecular complexity index is 1110. The first-order valence-corrected chi connectivity index (χ1v) is 15.3. The molecule has 0 fully saturated rings. The van der Waals surface area contributed by atoms with Crippen LogP contribution in [0.15, 0.2) is 17.0 Å². The van der Waals surface area contributed by atoms with Gasteiger partial charge in [-0.05, 0) is 33.1 Å². The summed E-state index contributed by atoms with van der Waals surface area (Å²) >= 11 is 3.28. The van der Waals surface area contributed by atoms with Gasteiger partial charge in [0.2, 0.25) is 0 Å². The van der Waals surface area contributed by atoms with E-state index in [-0.39, 0.29) is 41.6 Å². The summed E-state index contributed by atoms with van der Waals surface area (Å²) in [6, 6.07) is 2.11. The van der Waals surface area contributed by atoms with Gasteiger partial charge < -0.3 is 14.7 Å². The zero-order valence-corrected chi connectivity index (χ0v) is 23.8. The van der Waals surface area contributed by atoms with Crippen LogP contribution in [0.4, 0.5) is 11.4 Å². The van der Waals surface area contributed by atoms with Crippen molar-refractivity contribution in [3.8, 4) is 0 Å². The van der Waals surface area contributed by atoms with E-state index in [0.717, 1.165) is 12.3 Å². The second-order valence-electron chi connectivity index (χ2n) is 8.08. The Balaban J connectivity index is 3.63. The third-order valence-electron chi connectivity index (χ3n) is 5.02. The maximum absolute atomic E-state index is 13.2. The molecule has 0 spiro atoms. The summed E-state index contributed by atoms with van der Waals surface area (Å²) in [6.45, 7) is 2.37. The van der Waals surface area contributed by atoms with E-state index in [0.29, 0.717) is 24.8 Å². The maximum atomic E-state index is 13.2. The Morgan fingerprint density at radius 3 is 2.20 bits per heavy atom. The largest absolute Gasteiger partial charge is 0.367 e. The highest BCUT2D eigenvalue weighted by Crippen LogP contribution is 2.34. The predicted octanol–water partition coefficient (Wildman–Crippen LogP) is 1.59. The van der Waals surface area contributed by atoms with Crippen molar-refractivity contribution >= 4 is 53.2 Å². The molecule has 35 heavy (non-hydrogen) atoms. The monoisotopic (exact) mass is 600 g/mol. The molecule has 0 N–H and O–H groups in total. The van der Waals surface area contributed by atoms with Gasteiger partial charge >= 0.3 is 0 Å². The molecule has 0 saturated heterocycles. The topological polar surface area (TPSA) is 147 Å². The van der Waals surface area contributed by atoms with Crippen molar-refractivity contribution in [2.75, 3.05) is 76.2 Å². The fraction of sp³-hybridized carbons (Fsp3) is 0.650. The van der Waals surface area contributed by atoms with Gasteiger partial charge in [0.15, 0.2) is 9.84 Å². The quantitative estimate of drug-likeness (QED) is 0.126. The number of nitro groups is 1. The number of carbonyl (C=O) groups excluding carboxylic acids is 1. The highest BCUT2D eigenvalue weighted by atomic mass is 79.9. The molecule has 12 nitrogen and oxygen atoms in total. The van der Waals surface area contributed by atoms with Gasteiger partial charge in [0.05, 0.1) is 34.1 Å². The van der Waals surface area contributed by atoms with E-state index < -0.39 is 36.5 Å². The van der Waals surface area contributed by atoms with Crippen LogP contribution in [0.25, 0.3) is 0 Å². The average Bonchev–Trinajstić information content (AvgIpc) is 2.75. The van der Waals surface area contributed by atoms with Crippen LogP contribution in [0.1, 0.15) is 23.7 Å². The lowest BCUT2D eigenvalue weighted by molar-refractivity contribution is -0.385. The van der Waals surface area contributed by atoms with Crippen LogP contribution in [0, 0.1) is 10.1 Å². The summed E-state index contributed by atoms with van der Waals surface area (Å²) in [5.74, 6) is -0.944. The molecule has 0 aromatic heterocycles. The van der Waals surface area contributed by atoms with Crippen molar-refractivity contribution in [3.05, 3.63) is 27.8 Å². The second-order valence-corrected chi connectivity index (χ2v) is 12.8. The minimum Gasteiger partial charge on any atom is -0.367 e. The first-order valence-electron chi connectivity index (χ1n) is 10.7. The van der Waals surface area contributed by atoms with E-state index in [2.05, 4.69) is 15.9 Å². The molecule has 0 bridgehead atoms. The number of halogens is 1. The molecule has 0 heterocycles. The molecule has 0 radical (unpaired) electrons. The van der Waals surface area contributed by atoms with Gasteiger partial charge in [-0.25, -0.2) is 8.42 Å². The van der Waals surface area contributed by atoms with Crippen LogP contribution in [-0.4, -0.2) is 109 Å². The number of nitro benzene ring substituents is 1. The molecule has 1 amide bonds.